The molecule has 7 rings (SSSR count). The van der Waals surface area contributed by atoms with Crippen LogP contribution in [-0.2, 0) is 18.3 Å². The van der Waals surface area contributed by atoms with Crippen molar-refractivity contribution in [3.05, 3.63) is 107 Å². The van der Waals surface area contributed by atoms with E-state index in [-0.39, 0.29) is 11.3 Å². The lowest BCUT2D eigenvalue weighted by molar-refractivity contribution is 0.190. The molecule has 0 saturated carbocycles. The van der Waals surface area contributed by atoms with Crippen molar-refractivity contribution in [1.82, 2.24) is 25.1 Å². The van der Waals surface area contributed by atoms with Crippen molar-refractivity contribution in [1.29, 1.82) is 5.26 Å². The van der Waals surface area contributed by atoms with Crippen molar-refractivity contribution in [2.75, 3.05) is 0 Å². The van der Waals surface area contributed by atoms with Crippen LogP contribution < -0.4 is 0 Å². The van der Waals surface area contributed by atoms with Gasteiger partial charge in [-0.1, -0.05) is 42.4 Å². The molecule has 7 heteroatoms. The second-order valence-electron chi connectivity index (χ2n) is 9.92. The summed E-state index contributed by atoms with van der Waals surface area (Å²) in [5.41, 5.74) is 8.19. The Bertz CT molecular complexity index is 1600. The molecule has 3 aromatic heterocycles. The molecule has 2 aliphatic rings. The van der Waals surface area contributed by atoms with Crippen LogP contribution in [0, 0.1) is 17.2 Å². The predicted octanol–water partition coefficient (Wildman–Crippen LogP) is 5.33. The second-order valence-corrected chi connectivity index (χ2v) is 9.92. The van der Waals surface area contributed by atoms with E-state index in [9.17, 15) is 0 Å². The summed E-state index contributed by atoms with van der Waals surface area (Å²) in [5, 5.41) is 26.3. The number of benzene rings is 2. The van der Waals surface area contributed by atoms with Crippen LogP contribution in [0.15, 0.2) is 77.7 Å². The highest BCUT2D eigenvalue weighted by Gasteiger charge is 2.54. The molecule has 0 aliphatic heterocycles. The largest absolute Gasteiger partial charge is 0.361 e. The summed E-state index contributed by atoms with van der Waals surface area (Å²) in [7, 11) is 0. The minimum absolute atomic E-state index is 0.245. The molecule has 176 valence electrons. The van der Waals surface area contributed by atoms with E-state index in [4.69, 9.17) is 14.9 Å². The van der Waals surface area contributed by atoms with E-state index in [1.54, 1.807) is 0 Å². The second kappa shape index (κ2) is 7.79. The van der Waals surface area contributed by atoms with Gasteiger partial charge in [-0.15, -0.1) is 0 Å². The van der Waals surface area contributed by atoms with Gasteiger partial charge in [-0.05, 0) is 55.0 Å². The van der Waals surface area contributed by atoms with Crippen LogP contribution >= 0.6 is 0 Å². The first kappa shape index (κ1) is 20.9. The summed E-state index contributed by atoms with van der Waals surface area (Å²) in [5.74, 6) is 1.64. The molecule has 7 nitrogen and oxygen atoms in total. The van der Waals surface area contributed by atoms with Gasteiger partial charge in [0.2, 0.25) is 0 Å². The van der Waals surface area contributed by atoms with Crippen LogP contribution in [0.5, 0.6) is 0 Å². The number of hydrogen-bond donors (Lipinski definition) is 1. The molecule has 0 bridgehead atoms. The van der Waals surface area contributed by atoms with Crippen molar-refractivity contribution in [3.63, 3.8) is 0 Å². The molecular formula is C29H24N6O. The van der Waals surface area contributed by atoms with Gasteiger partial charge < -0.3 is 4.52 Å². The van der Waals surface area contributed by atoms with Crippen LogP contribution in [0.1, 0.15) is 53.0 Å². The Morgan fingerprint density at radius 1 is 1.11 bits per heavy atom. The molecule has 2 aromatic carbocycles. The number of fused-ring (bicyclic) bond motifs is 4. The number of aromatic amines is 1. The van der Waals surface area contributed by atoms with Crippen molar-refractivity contribution in [3.8, 4) is 23.0 Å². The van der Waals surface area contributed by atoms with E-state index < -0.39 is 0 Å². The highest BCUT2D eigenvalue weighted by Crippen LogP contribution is 2.57. The Morgan fingerprint density at radius 2 is 1.94 bits per heavy atom. The summed E-state index contributed by atoms with van der Waals surface area (Å²) in [6.07, 6.45) is 8.60. The van der Waals surface area contributed by atoms with Crippen LogP contribution in [0.4, 0.5) is 0 Å². The van der Waals surface area contributed by atoms with E-state index in [1.807, 2.05) is 47.5 Å². The minimum atomic E-state index is -0.245. The maximum atomic E-state index is 9.09. The molecule has 0 spiro atoms. The molecule has 3 atom stereocenters. The molecule has 0 amide bonds. The zero-order valence-electron chi connectivity index (χ0n) is 19.8. The molecule has 36 heavy (non-hydrogen) atoms. The fourth-order valence-electron chi connectivity index (χ4n) is 6.56. The highest BCUT2D eigenvalue weighted by molar-refractivity contribution is 5.66. The lowest BCUT2D eigenvalue weighted by Crippen LogP contribution is -2.47. The van der Waals surface area contributed by atoms with Crippen molar-refractivity contribution in [2.45, 2.75) is 37.5 Å². The standard InChI is InChI=1S/C29H24N6O/c1-18-25-12-11-24-26(21-15-31-35(17-21)23-9-7-19(14-30)8-10-23)33-34-28(24)29(25,22-5-3-2-4-6-22)13-20-16-32-36-27(18)20/h2-10,15-18,25H,11-13H2,1H3,(H,33,34)/t18-,25-,29+/m0/s1. The molecular weight excluding hydrogens is 448 g/mol. The quantitative estimate of drug-likeness (QED) is 0.383. The maximum absolute atomic E-state index is 9.09. The number of hydrogen-bond acceptors (Lipinski definition) is 5. The van der Waals surface area contributed by atoms with Crippen molar-refractivity contribution < 1.29 is 4.52 Å². The first-order chi connectivity index (χ1) is 17.7. The van der Waals surface area contributed by atoms with E-state index in [1.165, 1.54) is 16.7 Å². The third-order valence-electron chi connectivity index (χ3n) is 8.21. The fourth-order valence-corrected chi connectivity index (χ4v) is 6.56. The normalized spacial score (nSPS) is 22.3. The molecule has 5 aromatic rings. The number of nitrogens with one attached hydrogen (secondary N) is 1. The van der Waals surface area contributed by atoms with Gasteiger partial charge in [0.25, 0.3) is 0 Å². The summed E-state index contributed by atoms with van der Waals surface area (Å²) in [6, 6.07) is 20.4. The molecule has 3 heterocycles. The first-order valence-corrected chi connectivity index (χ1v) is 12.3. The SMILES string of the molecule is C[C@@H]1c2oncc2C[C@]2(c3ccccc3)c3n[nH]c(-c4cnn(-c5ccc(C#N)cc5)c4)c3CC[C@@H]12. The maximum Gasteiger partial charge on any atom is 0.143 e. The minimum Gasteiger partial charge on any atom is -0.361 e. The van der Waals surface area contributed by atoms with Gasteiger partial charge in [-0.3, -0.25) is 5.10 Å². The Morgan fingerprint density at radius 3 is 2.75 bits per heavy atom. The Hall–Kier alpha value is -4.44. The zero-order chi connectivity index (χ0) is 24.3. The number of nitriles is 1. The lowest BCUT2D eigenvalue weighted by atomic mass is 9.53. The molecule has 2 aliphatic carbocycles. The Kier molecular flexibility index (Phi) is 4.52. The van der Waals surface area contributed by atoms with Crippen molar-refractivity contribution in [2.24, 2.45) is 5.92 Å². The average molecular weight is 473 g/mol. The monoisotopic (exact) mass is 472 g/mol. The van der Waals surface area contributed by atoms with Gasteiger partial charge in [0.1, 0.15) is 5.76 Å². The van der Waals surface area contributed by atoms with Gasteiger partial charge in [0.05, 0.1) is 41.1 Å². The van der Waals surface area contributed by atoms with Gasteiger partial charge in [0, 0.05) is 34.2 Å². The topological polar surface area (TPSA) is 96.3 Å². The van der Waals surface area contributed by atoms with Crippen LogP contribution in [0.2, 0.25) is 0 Å². The fraction of sp³-hybridized carbons (Fsp3) is 0.241. The third kappa shape index (κ3) is 2.88. The van der Waals surface area contributed by atoms with Crippen molar-refractivity contribution >= 4 is 0 Å². The number of aromatic nitrogens is 5. The molecule has 0 unspecified atom stereocenters. The molecule has 0 saturated heterocycles. The average Bonchev–Trinajstić information content (AvgIpc) is 3.68. The summed E-state index contributed by atoms with van der Waals surface area (Å²) >= 11 is 0. The van der Waals surface area contributed by atoms with Crippen LogP contribution in [-0.4, -0.2) is 25.1 Å². The van der Waals surface area contributed by atoms with Gasteiger partial charge in [-0.2, -0.15) is 15.5 Å². The molecule has 0 fully saturated rings. The van der Waals surface area contributed by atoms with E-state index in [2.05, 4.69) is 58.7 Å². The number of rotatable bonds is 3. The van der Waals surface area contributed by atoms with E-state index in [0.717, 1.165) is 47.7 Å². The third-order valence-corrected chi connectivity index (χ3v) is 8.21. The van der Waals surface area contributed by atoms with E-state index in [0.29, 0.717) is 11.5 Å². The Labute approximate surface area is 208 Å². The van der Waals surface area contributed by atoms with Crippen LogP contribution in [0.3, 0.4) is 0 Å². The lowest BCUT2D eigenvalue weighted by Gasteiger charge is -2.48. The molecule has 0 radical (unpaired) electrons. The van der Waals surface area contributed by atoms with Gasteiger partial charge in [0.15, 0.2) is 0 Å². The summed E-state index contributed by atoms with van der Waals surface area (Å²) < 4.78 is 7.55. The van der Waals surface area contributed by atoms with Gasteiger partial charge >= 0.3 is 0 Å². The summed E-state index contributed by atoms with van der Waals surface area (Å²) in [4.78, 5) is 0. The number of nitrogens with zero attached hydrogens (tertiary/aromatic N) is 5. The zero-order valence-corrected chi connectivity index (χ0v) is 19.8. The highest BCUT2D eigenvalue weighted by atomic mass is 16.5. The number of H-pyrrole nitrogens is 1. The molecule has 1 N–H and O–H groups in total. The predicted molar refractivity (Wildman–Crippen MR) is 134 cm³/mol. The smallest absolute Gasteiger partial charge is 0.143 e. The van der Waals surface area contributed by atoms with Crippen LogP contribution in [0.25, 0.3) is 16.9 Å². The Balaban J connectivity index is 1.36. The van der Waals surface area contributed by atoms with Gasteiger partial charge in [-0.25, -0.2) is 4.68 Å². The first-order valence-electron chi connectivity index (χ1n) is 12.3. The van der Waals surface area contributed by atoms with E-state index >= 15 is 0 Å². The summed E-state index contributed by atoms with van der Waals surface area (Å²) in [6.45, 7) is 2.27.